The van der Waals surface area contributed by atoms with Gasteiger partial charge in [-0.1, -0.05) is 0 Å². The van der Waals surface area contributed by atoms with Crippen LogP contribution in [0.15, 0.2) is 53.9 Å². The molecule has 150 valence electrons. The van der Waals surface area contributed by atoms with Crippen LogP contribution in [0.3, 0.4) is 0 Å². The first kappa shape index (κ1) is 20.5. The minimum absolute atomic E-state index is 0.0767. The number of hydrogen-bond donors (Lipinski definition) is 1. The van der Waals surface area contributed by atoms with Crippen LogP contribution in [0.2, 0.25) is 0 Å². The Hall–Kier alpha value is -3.19. The first-order valence-corrected chi connectivity index (χ1v) is 10.1. The summed E-state index contributed by atoms with van der Waals surface area (Å²) >= 11 is 1.50. The maximum absolute atomic E-state index is 12.3. The fourth-order valence-corrected chi connectivity index (χ4v) is 3.53. The molecule has 3 aromatic rings. The number of carbonyl (C=O) groups excluding carboxylic acids is 2. The molecule has 0 aliphatic carbocycles. The maximum atomic E-state index is 12.3. The van der Waals surface area contributed by atoms with Gasteiger partial charge in [-0.05, 0) is 55.5 Å². The van der Waals surface area contributed by atoms with E-state index < -0.39 is 0 Å². The Kier molecular flexibility index (Phi) is 6.61. The Labute approximate surface area is 174 Å². The van der Waals surface area contributed by atoms with Gasteiger partial charge in [-0.15, -0.1) is 11.3 Å². The highest BCUT2D eigenvalue weighted by Crippen LogP contribution is 2.26. The van der Waals surface area contributed by atoms with E-state index in [4.69, 9.17) is 4.74 Å². The zero-order valence-corrected chi connectivity index (χ0v) is 17.5. The average Bonchev–Trinajstić information content (AvgIpc) is 3.17. The van der Waals surface area contributed by atoms with Crippen LogP contribution in [0.5, 0.6) is 5.75 Å². The van der Waals surface area contributed by atoms with Crippen LogP contribution < -0.4 is 10.1 Å². The zero-order valence-electron chi connectivity index (χ0n) is 16.6. The summed E-state index contributed by atoms with van der Waals surface area (Å²) in [6.45, 7) is 2.58. The lowest BCUT2D eigenvalue weighted by Crippen LogP contribution is -2.21. The van der Waals surface area contributed by atoms with E-state index in [1.54, 1.807) is 38.4 Å². The van der Waals surface area contributed by atoms with Gasteiger partial charge in [-0.2, -0.15) is 0 Å². The lowest BCUT2D eigenvalue weighted by atomic mass is 10.2. The van der Waals surface area contributed by atoms with Gasteiger partial charge >= 0.3 is 0 Å². The Balaban J connectivity index is 1.59. The topological polar surface area (TPSA) is 71.5 Å². The van der Waals surface area contributed by atoms with Crippen LogP contribution >= 0.6 is 11.3 Å². The maximum Gasteiger partial charge on any atom is 0.253 e. The lowest BCUT2D eigenvalue weighted by molar-refractivity contribution is -0.115. The van der Waals surface area contributed by atoms with Crippen molar-refractivity contribution >= 4 is 28.8 Å². The van der Waals surface area contributed by atoms with Crippen LogP contribution in [-0.2, 0) is 11.2 Å². The van der Waals surface area contributed by atoms with Crippen molar-refractivity contribution in [2.75, 3.05) is 26.0 Å². The SMILES string of the molecule is CCOc1ccc(-c2nc(CC(=O)Nc3ccc(C(=O)N(C)C)cc3)cs2)cc1. The molecule has 29 heavy (non-hydrogen) atoms. The first-order valence-electron chi connectivity index (χ1n) is 9.25. The van der Waals surface area contributed by atoms with Gasteiger partial charge in [0.05, 0.1) is 18.7 Å². The molecule has 0 fully saturated rings. The molecule has 6 nitrogen and oxygen atoms in total. The molecular weight excluding hydrogens is 386 g/mol. The molecule has 0 bridgehead atoms. The van der Waals surface area contributed by atoms with Crippen LogP contribution in [0.4, 0.5) is 5.69 Å². The molecule has 3 rings (SSSR count). The molecule has 1 heterocycles. The van der Waals surface area contributed by atoms with Gasteiger partial charge in [-0.25, -0.2) is 4.98 Å². The Morgan fingerprint density at radius 3 is 2.38 bits per heavy atom. The number of rotatable bonds is 7. The zero-order chi connectivity index (χ0) is 20.8. The average molecular weight is 410 g/mol. The summed E-state index contributed by atoms with van der Waals surface area (Å²) in [4.78, 5) is 30.3. The van der Waals surface area contributed by atoms with E-state index in [9.17, 15) is 9.59 Å². The normalized spacial score (nSPS) is 10.4. The first-order chi connectivity index (χ1) is 14.0. The predicted molar refractivity (Wildman–Crippen MR) is 116 cm³/mol. The smallest absolute Gasteiger partial charge is 0.253 e. The number of aromatic nitrogens is 1. The molecule has 0 radical (unpaired) electrons. The third-order valence-electron chi connectivity index (χ3n) is 4.13. The van der Waals surface area contributed by atoms with Crippen LogP contribution in [0, 0.1) is 0 Å². The number of benzene rings is 2. The quantitative estimate of drug-likeness (QED) is 0.638. The number of carbonyl (C=O) groups is 2. The molecule has 1 N–H and O–H groups in total. The van der Waals surface area contributed by atoms with E-state index in [1.807, 2.05) is 36.6 Å². The summed E-state index contributed by atoms with van der Waals surface area (Å²) in [5.74, 6) is 0.595. The summed E-state index contributed by atoms with van der Waals surface area (Å²) in [5, 5.41) is 5.60. The Morgan fingerprint density at radius 1 is 1.07 bits per heavy atom. The van der Waals surface area contributed by atoms with Gasteiger partial charge in [0.25, 0.3) is 5.91 Å². The highest BCUT2D eigenvalue weighted by atomic mass is 32.1. The molecule has 0 spiro atoms. The molecule has 7 heteroatoms. The van der Waals surface area contributed by atoms with Gasteiger partial charge in [0.2, 0.25) is 5.91 Å². The minimum Gasteiger partial charge on any atom is -0.494 e. The number of nitrogens with zero attached hydrogens (tertiary/aromatic N) is 2. The second-order valence-electron chi connectivity index (χ2n) is 6.60. The molecule has 2 aromatic carbocycles. The summed E-state index contributed by atoms with van der Waals surface area (Å²) in [6, 6.07) is 14.6. The standard InChI is InChI=1S/C22H23N3O3S/c1-4-28-19-11-7-15(8-12-19)21-24-18(14-29-21)13-20(26)23-17-9-5-16(6-10-17)22(27)25(2)3/h5-12,14H,4,13H2,1-3H3,(H,23,26). The van der Waals surface area contributed by atoms with E-state index in [0.717, 1.165) is 22.0 Å². The highest BCUT2D eigenvalue weighted by molar-refractivity contribution is 7.13. The van der Waals surface area contributed by atoms with Gasteiger partial charge < -0.3 is 15.0 Å². The molecule has 0 aliphatic heterocycles. The number of thiazole rings is 1. The molecule has 0 unspecified atom stereocenters. The molecule has 0 saturated heterocycles. The monoisotopic (exact) mass is 409 g/mol. The summed E-state index contributed by atoms with van der Waals surface area (Å²) in [5.41, 5.74) is 2.93. The highest BCUT2D eigenvalue weighted by Gasteiger charge is 2.11. The fourth-order valence-electron chi connectivity index (χ4n) is 2.71. The van der Waals surface area contributed by atoms with Crippen molar-refractivity contribution in [3.63, 3.8) is 0 Å². The van der Waals surface area contributed by atoms with Crippen molar-refractivity contribution in [2.24, 2.45) is 0 Å². The van der Waals surface area contributed by atoms with E-state index >= 15 is 0 Å². The molecular formula is C22H23N3O3S. The minimum atomic E-state index is -0.153. The van der Waals surface area contributed by atoms with Crippen molar-refractivity contribution in [2.45, 2.75) is 13.3 Å². The molecule has 0 aliphatic rings. The van der Waals surface area contributed by atoms with Crippen molar-refractivity contribution in [3.05, 3.63) is 65.2 Å². The van der Waals surface area contributed by atoms with Crippen LogP contribution in [-0.4, -0.2) is 42.4 Å². The number of hydrogen-bond acceptors (Lipinski definition) is 5. The van der Waals surface area contributed by atoms with Crippen molar-refractivity contribution < 1.29 is 14.3 Å². The third kappa shape index (κ3) is 5.42. The van der Waals surface area contributed by atoms with Crippen LogP contribution in [0.1, 0.15) is 23.0 Å². The van der Waals surface area contributed by atoms with Crippen molar-refractivity contribution in [3.8, 4) is 16.3 Å². The molecule has 1 aromatic heterocycles. The second kappa shape index (κ2) is 9.34. The van der Waals surface area contributed by atoms with E-state index in [2.05, 4.69) is 10.3 Å². The summed E-state index contributed by atoms with van der Waals surface area (Å²) in [6.07, 6.45) is 0.186. The summed E-state index contributed by atoms with van der Waals surface area (Å²) in [7, 11) is 3.40. The molecule has 0 saturated carbocycles. The van der Waals surface area contributed by atoms with E-state index in [1.165, 1.54) is 16.2 Å². The molecule has 2 amide bonds. The predicted octanol–water partition coefficient (Wildman–Crippen LogP) is 4.09. The fraction of sp³-hybridized carbons (Fsp3) is 0.227. The van der Waals surface area contributed by atoms with Gasteiger partial charge in [0, 0.05) is 36.3 Å². The van der Waals surface area contributed by atoms with E-state index in [-0.39, 0.29) is 18.2 Å². The summed E-state index contributed by atoms with van der Waals surface area (Å²) < 4.78 is 5.45. The second-order valence-corrected chi connectivity index (χ2v) is 7.46. The van der Waals surface area contributed by atoms with Crippen LogP contribution in [0.25, 0.3) is 10.6 Å². The van der Waals surface area contributed by atoms with Gasteiger partial charge in [0.15, 0.2) is 0 Å². The van der Waals surface area contributed by atoms with Gasteiger partial charge in [0.1, 0.15) is 10.8 Å². The Bertz CT molecular complexity index is 979. The third-order valence-corrected chi connectivity index (χ3v) is 5.07. The number of ether oxygens (including phenoxy) is 1. The number of amides is 2. The lowest BCUT2D eigenvalue weighted by Gasteiger charge is -2.10. The Morgan fingerprint density at radius 2 is 1.76 bits per heavy atom. The number of anilines is 1. The van der Waals surface area contributed by atoms with Crippen molar-refractivity contribution in [1.29, 1.82) is 0 Å². The number of nitrogens with one attached hydrogen (secondary N) is 1. The van der Waals surface area contributed by atoms with E-state index in [0.29, 0.717) is 17.9 Å². The van der Waals surface area contributed by atoms with Gasteiger partial charge in [-0.3, -0.25) is 9.59 Å². The largest absolute Gasteiger partial charge is 0.494 e. The molecule has 0 atom stereocenters. The van der Waals surface area contributed by atoms with Crippen molar-refractivity contribution in [1.82, 2.24) is 9.88 Å².